The Hall–Kier alpha value is -1.22. The molecule has 2 aromatic heterocycles. The van der Waals surface area contributed by atoms with Crippen LogP contribution in [0, 0.1) is 5.92 Å². The maximum Gasteiger partial charge on any atom is 0.340 e. The molecular formula is C18H27ClN6O9P2. The molecule has 18 heteroatoms. The van der Waals surface area contributed by atoms with E-state index in [1.165, 1.54) is 10.9 Å². The quantitative estimate of drug-likeness (QED) is 0.182. The first-order valence-electron chi connectivity index (χ1n) is 11.3. The number of imidazole rings is 1. The molecular weight excluding hydrogens is 542 g/mol. The molecule has 36 heavy (non-hydrogen) atoms. The zero-order chi connectivity index (χ0) is 25.8. The van der Waals surface area contributed by atoms with Gasteiger partial charge >= 0.3 is 15.2 Å². The fraction of sp³-hybridized carbons (Fsp3) is 0.722. The second-order valence-electron chi connectivity index (χ2n) is 9.34. The number of fused-ring (bicyclic) bond motifs is 4. The van der Waals surface area contributed by atoms with Crippen molar-refractivity contribution in [1.29, 1.82) is 0 Å². The lowest BCUT2D eigenvalue weighted by Crippen LogP contribution is -2.53. The van der Waals surface area contributed by atoms with E-state index < -0.39 is 52.2 Å². The molecule has 0 aliphatic carbocycles. The molecule has 4 aliphatic rings. The van der Waals surface area contributed by atoms with E-state index in [0.717, 1.165) is 32.5 Å². The number of halogens is 1. The van der Waals surface area contributed by atoms with Gasteiger partial charge in [-0.15, -0.1) is 0 Å². The largest absolute Gasteiger partial charge is 0.387 e. The summed E-state index contributed by atoms with van der Waals surface area (Å²) < 4.78 is 34.7. The second kappa shape index (κ2) is 9.83. The number of aliphatic hydroxyl groups is 2. The number of anilines is 1. The lowest BCUT2D eigenvalue weighted by atomic mass is 9.84. The summed E-state index contributed by atoms with van der Waals surface area (Å²) in [4.78, 5) is 42.8. The molecule has 6 heterocycles. The van der Waals surface area contributed by atoms with Crippen LogP contribution in [0.3, 0.4) is 0 Å². The fourth-order valence-corrected chi connectivity index (χ4v) is 7.77. The molecule has 3 unspecified atom stereocenters. The Morgan fingerprint density at radius 2 is 1.89 bits per heavy atom. The Bertz CT molecular complexity index is 1220. The summed E-state index contributed by atoms with van der Waals surface area (Å²) in [6.45, 7) is 2.33. The summed E-state index contributed by atoms with van der Waals surface area (Å²) >= 11 is 6.19. The van der Waals surface area contributed by atoms with Gasteiger partial charge < -0.3 is 44.4 Å². The predicted octanol–water partition coefficient (Wildman–Crippen LogP) is -0.0578. The molecule has 2 aromatic rings. The van der Waals surface area contributed by atoms with Gasteiger partial charge in [0.25, 0.3) is 0 Å². The van der Waals surface area contributed by atoms with E-state index in [4.69, 9.17) is 30.6 Å². The first-order chi connectivity index (χ1) is 16.9. The first-order valence-corrected chi connectivity index (χ1v) is 15.3. The van der Waals surface area contributed by atoms with Gasteiger partial charge in [-0.05, 0) is 43.5 Å². The van der Waals surface area contributed by atoms with Crippen molar-refractivity contribution in [2.24, 2.45) is 5.92 Å². The number of nitrogens with one attached hydrogen (secondary N) is 1. The smallest absolute Gasteiger partial charge is 0.340 e. The van der Waals surface area contributed by atoms with Crippen LogP contribution in [0.2, 0.25) is 5.28 Å². The normalized spacial score (nSPS) is 34.2. The number of hydrogen-bond donors (Lipinski definition) is 6. The van der Waals surface area contributed by atoms with Crippen molar-refractivity contribution in [3.05, 3.63) is 11.6 Å². The minimum Gasteiger partial charge on any atom is -0.387 e. The van der Waals surface area contributed by atoms with Crippen molar-refractivity contribution in [3.8, 4) is 0 Å². The van der Waals surface area contributed by atoms with Gasteiger partial charge in [0.1, 0.15) is 18.3 Å². The van der Waals surface area contributed by atoms with E-state index in [2.05, 4.69) is 25.2 Å². The van der Waals surface area contributed by atoms with Gasteiger partial charge in [0.05, 0.1) is 12.9 Å². The topological polar surface area (TPSA) is 213 Å². The van der Waals surface area contributed by atoms with E-state index in [9.17, 15) is 24.2 Å². The fourth-order valence-electron chi connectivity index (χ4n) is 5.04. The molecule has 15 nitrogen and oxygen atoms in total. The van der Waals surface area contributed by atoms with E-state index in [1.807, 2.05) is 0 Å². The average molecular weight is 569 g/mol. The first kappa shape index (κ1) is 26.4. The molecule has 6 atom stereocenters. The highest BCUT2D eigenvalue weighted by atomic mass is 35.5. The van der Waals surface area contributed by atoms with Gasteiger partial charge in [0.15, 0.2) is 29.1 Å². The molecule has 4 aliphatic heterocycles. The van der Waals surface area contributed by atoms with Crippen LogP contribution in [0.5, 0.6) is 0 Å². The number of piperidine rings is 3. The highest BCUT2D eigenvalue weighted by molar-refractivity contribution is 7.70. The Morgan fingerprint density at radius 3 is 2.53 bits per heavy atom. The summed E-state index contributed by atoms with van der Waals surface area (Å²) in [5.74, 6) is -0.440. The summed E-state index contributed by atoms with van der Waals surface area (Å²) in [5, 5.41) is 24.4. The maximum absolute atomic E-state index is 11.9. The van der Waals surface area contributed by atoms with Gasteiger partial charge in [-0.25, -0.2) is 4.98 Å². The van der Waals surface area contributed by atoms with Crippen LogP contribution in [0.25, 0.3) is 11.2 Å². The highest BCUT2D eigenvalue weighted by Crippen LogP contribution is 2.55. The molecule has 0 radical (unpaired) electrons. The molecule has 2 bridgehead atoms. The number of hydrogen-bond acceptors (Lipinski definition) is 11. The van der Waals surface area contributed by atoms with Crippen LogP contribution < -0.4 is 5.32 Å². The van der Waals surface area contributed by atoms with Gasteiger partial charge in [-0.1, -0.05) is 0 Å². The van der Waals surface area contributed by atoms with Crippen LogP contribution in [0.1, 0.15) is 19.1 Å². The monoisotopic (exact) mass is 568 g/mol. The minimum absolute atomic E-state index is 0.0559. The Kier molecular flexibility index (Phi) is 7.20. The van der Waals surface area contributed by atoms with E-state index >= 15 is 0 Å². The SMILES string of the molecule is O=P(O)(O)CP(=O)(O)OC[C@H]1O[C@@H](n2cnc3c(NC4CN5CCC4CC5)nc(Cl)nc32)C(O)[C@H]1O. The molecule has 6 N–H and O–H groups in total. The van der Waals surface area contributed by atoms with Crippen LogP contribution in [0.4, 0.5) is 5.82 Å². The Balaban J connectivity index is 1.34. The maximum atomic E-state index is 11.9. The standard InChI is InChI=1S/C18H27ClN6O9P2/c19-18-22-15(21-10-5-24-3-1-9(10)2-4-24)12-16(23-18)25(7-20-12)17-14(27)13(26)11(34-17)6-33-36(31,32)8-35(28,29)30/h7,9-11,13-14,17,26-27H,1-6,8H2,(H,31,32)(H,21,22,23)(H2,28,29,30)/t10?,11-,13+,14?,17-/m1/s1. The molecule has 4 saturated heterocycles. The second-order valence-corrected chi connectivity index (χ2v) is 13.7. The number of rotatable bonds is 8. The van der Waals surface area contributed by atoms with Crippen LogP contribution in [-0.4, -0.2) is 106 Å². The average Bonchev–Trinajstić information content (AvgIpc) is 3.33. The van der Waals surface area contributed by atoms with Crippen molar-refractivity contribution in [2.75, 3.05) is 37.5 Å². The Labute approximate surface area is 210 Å². The summed E-state index contributed by atoms with van der Waals surface area (Å²) in [6, 6.07) is 0.172. The zero-order valence-electron chi connectivity index (χ0n) is 18.9. The molecule has 0 saturated carbocycles. The van der Waals surface area contributed by atoms with E-state index in [0.29, 0.717) is 17.3 Å². The van der Waals surface area contributed by atoms with Crippen molar-refractivity contribution in [2.45, 2.75) is 43.4 Å². The van der Waals surface area contributed by atoms with Gasteiger partial charge in [0.2, 0.25) is 5.28 Å². The van der Waals surface area contributed by atoms with Gasteiger partial charge in [-0.3, -0.25) is 13.7 Å². The van der Waals surface area contributed by atoms with Crippen LogP contribution >= 0.6 is 26.8 Å². The van der Waals surface area contributed by atoms with Crippen molar-refractivity contribution >= 4 is 43.8 Å². The number of nitrogens with zero attached hydrogens (tertiary/aromatic N) is 5. The number of aliphatic hydroxyl groups excluding tert-OH is 2. The molecule has 0 amide bonds. The van der Waals surface area contributed by atoms with E-state index in [1.54, 1.807) is 0 Å². The third-order valence-electron chi connectivity index (χ3n) is 6.79. The molecule has 0 aromatic carbocycles. The summed E-state index contributed by atoms with van der Waals surface area (Å²) in [5.41, 5.74) is 0.633. The van der Waals surface area contributed by atoms with Crippen molar-refractivity contribution in [1.82, 2.24) is 24.4 Å². The number of aromatic nitrogens is 4. The third kappa shape index (κ3) is 5.47. The van der Waals surface area contributed by atoms with Crippen molar-refractivity contribution in [3.63, 3.8) is 0 Å². The lowest BCUT2D eigenvalue weighted by molar-refractivity contribution is -0.0483. The molecule has 4 fully saturated rings. The van der Waals surface area contributed by atoms with E-state index in [-0.39, 0.29) is 17.0 Å². The summed E-state index contributed by atoms with van der Waals surface area (Å²) in [7, 11) is -9.49. The lowest BCUT2D eigenvalue weighted by Gasteiger charge is -2.45. The van der Waals surface area contributed by atoms with Crippen LogP contribution in [-0.2, 0) is 18.4 Å². The number of ether oxygens (including phenoxy) is 1. The van der Waals surface area contributed by atoms with Crippen molar-refractivity contribution < 1.29 is 43.3 Å². The third-order valence-corrected chi connectivity index (χ3v) is 10.4. The van der Waals surface area contributed by atoms with Crippen LogP contribution in [0.15, 0.2) is 6.33 Å². The Morgan fingerprint density at radius 1 is 1.17 bits per heavy atom. The predicted molar refractivity (Wildman–Crippen MR) is 126 cm³/mol. The summed E-state index contributed by atoms with van der Waals surface area (Å²) in [6.07, 6.45) is -1.98. The molecule has 6 rings (SSSR count). The zero-order valence-corrected chi connectivity index (χ0v) is 21.4. The highest BCUT2D eigenvalue weighted by Gasteiger charge is 2.46. The van der Waals surface area contributed by atoms with Gasteiger partial charge in [-0.2, -0.15) is 9.97 Å². The molecule has 200 valence electrons. The molecule has 0 spiro atoms. The van der Waals surface area contributed by atoms with Gasteiger partial charge in [0, 0.05) is 12.6 Å². The minimum atomic E-state index is -4.82.